The van der Waals surface area contributed by atoms with Crippen LogP contribution in [0.2, 0.25) is 0 Å². The molecule has 7 nitrogen and oxygen atoms in total. The van der Waals surface area contributed by atoms with Crippen LogP contribution in [0.1, 0.15) is 71.5 Å². The molecule has 10 heteroatoms. The number of rotatable bonds is 6. The van der Waals surface area contributed by atoms with Gasteiger partial charge in [0.2, 0.25) is 5.82 Å². The Balaban J connectivity index is 1.44. The van der Waals surface area contributed by atoms with Gasteiger partial charge in [0.1, 0.15) is 5.75 Å². The lowest BCUT2D eigenvalue weighted by Crippen LogP contribution is -2.57. The summed E-state index contributed by atoms with van der Waals surface area (Å²) in [5.41, 5.74) is 3.62. The molecule has 2 saturated heterocycles. The van der Waals surface area contributed by atoms with E-state index in [2.05, 4.69) is 34.8 Å². The number of aliphatic hydroxyl groups is 1. The third-order valence-corrected chi connectivity index (χ3v) is 7.31. The molecule has 196 valence electrons. The number of alkyl halides is 3. The van der Waals surface area contributed by atoms with E-state index in [-0.39, 0.29) is 23.6 Å². The molecule has 3 heterocycles. The number of hydrogen-bond donors (Lipinski definition) is 1. The zero-order chi connectivity index (χ0) is 26.0. The first kappa shape index (κ1) is 26.3. The molecule has 2 aromatic rings. The molecular formula is C26H33F3N4O3. The van der Waals surface area contributed by atoms with Crippen molar-refractivity contribution in [1.29, 1.82) is 0 Å². The number of carbonyl (C=O) groups is 1. The van der Waals surface area contributed by atoms with Gasteiger partial charge in [-0.2, -0.15) is 13.2 Å². The van der Waals surface area contributed by atoms with Crippen molar-refractivity contribution in [2.24, 2.45) is 0 Å². The molecule has 1 unspecified atom stereocenters. The van der Waals surface area contributed by atoms with Crippen LogP contribution in [0.25, 0.3) is 0 Å². The van der Waals surface area contributed by atoms with Crippen LogP contribution in [0.5, 0.6) is 5.75 Å². The summed E-state index contributed by atoms with van der Waals surface area (Å²) < 4.78 is 44.2. The summed E-state index contributed by atoms with van der Waals surface area (Å²) in [5, 5.41) is 9.48. The van der Waals surface area contributed by atoms with Gasteiger partial charge in [0, 0.05) is 50.5 Å². The molecule has 1 aromatic heterocycles. The molecule has 1 aromatic carbocycles. The van der Waals surface area contributed by atoms with Crippen LogP contribution < -0.4 is 4.74 Å². The van der Waals surface area contributed by atoms with Gasteiger partial charge < -0.3 is 14.7 Å². The molecule has 0 aliphatic carbocycles. The van der Waals surface area contributed by atoms with Crippen LogP contribution in [-0.4, -0.2) is 69.2 Å². The molecule has 0 radical (unpaired) electrons. The second kappa shape index (κ2) is 10.7. The van der Waals surface area contributed by atoms with Crippen molar-refractivity contribution in [3.63, 3.8) is 0 Å². The second-order valence-corrected chi connectivity index (χ2v) is 9.77. The number of piperidine rings is 1. The highest BCUT2D eigenvalue weighted by Gasteiger charge is 2.38. The molecule has 0 saturated carbocycles. The Hall–Kier alpha value is -2.72. The largest absolute Gasteiger partial charge is 0.493 e. The van der Waals surface area contributed by atoms with E-state index in [9.17, 15) is 23.1 Å². The molecule has 2 aliphatic heterocycles. The highest BCUT2D eigenvalue weighted by atomic mass is 19.4. The fourth-order valence-electron chi connectivity index (χ4n) is 5.21. The fourth-order valence-corrected chi connectivity index (χ4v) is 5.21. The number of carbonyl (C=O) groups excluding carboxylic acids is 1. The second-order valence-electron chi connectivity index (χ2n) is 9.77. The lowest BCUT2D eigenvalue weighted by molar-refractivity contribution is -0.145. The Morgan fingerprint density at radius 1 is 1.17 bits per heavy atom. The number of amides is 1. The van der Waals surface area contributed by atoms with E-state index in [0.717, 1.165) is 43.0 Å². The van der Waals surface area contributed by atoms with Crippen molar-refractivity contribution in [3.05, 3.63) is 52.6 Å². The number of aromatic nitrogens is 2. The Bertz CT molecular complexity index is 1080. The number of benzene rings is 1. The van der Waals surface area contributed by atoms with E-state index in [4.69, 9.17) is 4.74 Å². The van der Waals surface area contributed by atoms with Crippen molar-refractivity contribution >= 4 is 5.91 Å². The van der Waals surface area contributed by atoms with E-state index < -0.39 is 18.1 Å². The van der Waals surface area contributed by atoms with E-state index in [0.29, 0.717) is 32.7 Å². The number of ether oxygens (including phenoxy) is 1. The van der Waals surface area contributed by atoms with Crippen molar-refractivity contribution in [2.75, 3.05) is 26.2 Å². The van der Waals surface area contributed by atoms with Crippen molar-refractivity contribution in [2.45, 2.75) is 70.8 Å². The van der Waals surface area contributed by atoms with E-state index in [1.807, 2.05) is 6.07 Å². The third-order valence-electron chi connectivity index (χ3n) is 7.31. The normalized spacial score (nSPS) is 21.7. The number of aliphatic hydroxyl groups excluding tert-OH is 1. The van der Waals surface area contributed by atoms with Crippen LogP contribution in [0.4, 0.5) is 13.2 Å². The lowest BCUT2D eigenvalue weighted by atomic mass is 9.86. The molecule has 36 heavy (non-hydrogen) atoms. The first-order chi connectivity index (χ1) is 17.1. The molecule has 2 aliphatic rings. The summed E-state index contributed by atoms with van der Waals surface area (Å²) >= 11 is 0. The smallest absolute Gasteiger partial charge is 0.451 e. The highest BCUT2D eigenvalue weighted by Crippen LogP contribution is 2.39. The van der Waals surface area contributed by atoms with Gasteiger partial charge >= 0.3 is 6.18 Å². The maximum atomic E-state index is 13.0. The van der Waals surface area contributed by atoms with Gasteiger partial charge in [0.15, 0.2) is 0 Å². The fraction of sp³-hybridized carbons (Fsp3) is 0.577. The van der Waals surface area contributed by atoms with Gasteiger partial charge in [0.05, 0.1) is 18.3 Å². The summed E-state index contributed by atoms with van der Waals surface area (Å²) in [6.45, 7) is 8.07. The van der Waals surface area contributed by atoms with Crippen LogP contribution >= 0.6 is 0 Å². The minimum atomic E-state index is -4.64. The van der Waals surface area contributed by atoms with E-state index >= 15 is 0 Å². The maximum absolute atomic E-state index is 13.0. The summed E-state index contributed by atoms with van der Waals surface area (Å²) in [6, 6.07) is 4.55. The summed E-state index contributed by atoms with van der Waals surface area (Å²) in [7, 11) is 0. The molecule has 1 N–H and O–H groups in total. The summed E-state index contributed by atoms with van der Waals surface area (Å²) in [4.78, 5) is 23.8. The monoisotopic (exact) mass is 506 g/mol. The topological polar surface area (TPSA) is 78.8 Å². The Morgan fingerprint density at radius 3 is 2.56 bits per heavy atom. The molecule has 4 rings (SSSR count). The minimum Gasteiger partial charge on any atom is -0.493 e. The number of halogens is 3. The minimum absolute atomic E-state index is 0.0708. The van der Waals surface area contributed by atoms with Crippen molar-refractivity contribution in [1.82, 2.24) is 19.8 Å². The van der Waals surface area contributed by atoms with E-state index in [1.54, 1.807) is 11.8 Å². The van der Waals surface area contributed by atoms with Gasteiger partial charge in [-0.15, -0.1) is 0 Å². The number of hydrogen-bond acceptors (Lipinski definition) is 6. The number of fused-ring (bicyclic) bond motifs is 1. The molecule has 0 spiro atoms. The molecule has 2 fully saturated rings. The number of nitrogens with zero attached hydrogens (tertiary/aromatic N) is 4. The summed E-state index contributed by atoms with van der Waals surface area (Å²) in [6.07, 6.45) is 0.484. The first-order valence-corrected chi connectivity index (χ1v) is 12.4. The first-order valence-electron chi connectivity index (χ1n) is 12.4. The van der Waals surface area contributed by atoms with Gasteiger partial charge in [0.25, 0.3) is 5.91 Å². The predicted octanol–water partition coefficient (Wildman–Crippen LogP) is 4.31. The number of piperazine rings is 1. The molecule has 0 bridgehead atoms. The van der Waals surface area contributed by atoms with Crippen LogP contribution in [-0.2, 0) is 6.18 Å². The zero-order valence-corrected chi connectivity index (χ0v) is 20.9. The SMILES string of the molecule is Cc1c(OCC[C@@H](C)O)ccc([C@H]2CCCC3CN(C(=O)c4cnc(C(F)(F)F)nc4)CCN32)c1C. The Morgan fingerprint density at radius 2 is 1.89 bits per heavy atom. The predicted molar refractivity (Wildman–Crippen MR) is 128 cm³/mol. The van der Waals surface area contributed by atoms with Gasteiger partial charge in [-0.3, -0.25) is 9.69 Å². The quantitative estimate of drug-likeness (QED) is 0.629. The van der Waals surface area contributed by atoms with Crippen LogP contribution in [0.3, 0.4) is 0 Å². The van der Waals surface area contributed by atoms with Crippen LogP contribution in [0, 0.1) is 13.8 Å². The highest BCUT2D eigenvalue weighted by molar-refractivity contribution is 5.93. The van der Waals surface area contributed by atoms with Gasteiger partial charge in [-0.05, 0) is 62.8 Å². The van der Waals surface area contributed by atoms with Gasteiger partial charge in [-0.25, -0.2) is 9.97 Å². The average Bonchev–Trinajstić information content (AvgIpc) is 2.85. The molecular weight excluding hydrogens is 473 g/mol. The van der Waals surface area contributed by atoms with Crippen LogP contribution in [0.15, 0.2) is 24.5 Å². The van der Waals surface area contributed by atoms with Gasteiger partial charge in [-0.1, -0.05) is 6.07 Å². The standard InChI is InChI=1S/C26H33F3N4O3/c1-16(34)9-12-36-23-8-7-21(17(2)18(23)3)22-6-4-5-20-15-32(10-11-33(20)22)24(35)19-13-30-25(31-14-19)26(27,28)29/h7-8,13-14,16,20,22,34H,4-6,9-12,15H2,1-3H3/t16-,20?,22-/m1/s1. The summed E-state index contributed by atoms with van der Waals surface area (Å²) in [5.74, 6) is -0.751. The van der Waals surface area contributed by atoms with Crippen molar-refractivity contribution < 1.29 is 27.8 Å². The molecule has 1 amide bonds. The lowest BCUT2D eigenvalue weighted by Gasteiger charge is -2.48. The van der Waals surface area contributed by atoms with E-state index in [1.165, 1.54) is 11.1 Å². The zero-order valence-electron chi connectivity index (χ0n) is 20.9. The Labute approximate surface area is 209 Å². The Kier molecular flexibility index (Phi) is 7.85. The maximum Gasteiger partial charge on any atom is 0.451 e. The molecule has 3 atom stereocenters. The van der Waals surface area contributed by atoms with Crippen molar-refractivity contribution in [3.8, 4) is 5.75 Å². The average molecular weight is 507 g/mol. The third kappa shape index (κ3) is 5.64.